The van der Waals surface area contributed by atoms with Gasteiger partial charge >= 0.3 is 6.18 Å². The van der Waals surface area contributed by atoms with E-state index < -0.39 is 12.2 Å². The van der Waals surface area contributed by atoms with Crippen LogP contribution in [0, 0.1) is 0 Å². The second-order valence-corrected chi connectivity index (χ2v) is 4.66. The Kier molecular flexibility index (Phi) is 4.85. The average molecular weight is 295 g/mol. The summed E-state index contributed by atoms with van der Waals surface area (Å²) < 4.78 is 44.7. The second-order valence-electron chi connectivity index (χ2n) is 4.66. The number of alkyl halides is 3. The first-order valence-electron chi connectivity index (χ1n) is 6.47. The van der Waals surface area contributed by atoms with Gasteiger partial charge in [-0.1, -0.05) is 42.5 Å². The Hall–Kier alpha value is -2.01. The molecule has 0 saturated carbocycles. The van der Waals surface area contributed by atoms with E-state index in [4.69, 9.17) is 4.74 Å². The van der Waals surface area contributed by atoms with E-state index in [-0.39, 0.29) is 5.56 Å². The molecule has 1 unspecified atom stereocenters. The van der Waals surface area contributed by atoms with Gasteiger partial charge in [-0.15, -0.1) is 0 Å². The first-order chi connectivity index (χ1) is 10.0. The summed E-state index contributed by atoms with van der Waals surface area (Å²) in [6, 6.07) is 12.8. The van der Waals surface area contributed by atoms with Crippen LogP contribution in [0.1, 0.15) is 17.2 Å². The smallest absolute Gasteiger partial charge is 0.380 e. The van der Waals surface area contributed by atoms with Gasteiger partial charge in [0.15, 0.2) is 0 Å². The molecule has 0 radical (unpaired) electrons. The van der Waals surface area contributed by atoms with Crippen LogP contribution in [0.2, 0.25) is 0 Å². The highest BCUT2D eigenvalue weighted by molar-refractivity contribution is 5.48. The number of nitrogens with one attached hydrogen (secondary N) is 1. The predicted molar refractivity (Wildman–Crippen MR) is 76.0 cm³/mol. The molecule has 2 aromatic carbocycles. The highest BCUT2D eigenvalue weighted by Gasteiger charge is 2.40. The minimum Gasteiger partial charge on any atom is -0.380 e. The minimum atomic E-state index is -4.38. The molecule has 0 fully saturated rings. The summed E-state index contributed by atoms with van der Waals surface area (Å²) in [6.45, 7) is 0.359. The van der Waals surface area contributed by atoms with Crippen molar-refractivity contribution in [3.8, 4) is 0 Å². The zero-order valence-corrected chi connectivity index (χ0v) is 11.5. The van der Waals surface area contributed by atoms with E-state index in [1.807, 2.05) is 0 Å². The van der Waals surface area contributed by atoms with Gasteiger partial charge in [-0.2, -0.15) is 13.2 Å². The molecule has 2 rings (SSSR count). The number of rotatable bonds is 5. The molecule has 2 aromatic rings. The third-order valence-electron chi connectivity index (χ3n) is 3.01. The van der Waals surface area contributed by atoms with E-state index in [1.165, 1.54) is 12.1 Å². The van der Waals surface area contributed by atoms with Crippen LogP contribution in [0.3, 0.4) is 0 Å². The van der Waals surface area contributed by atoms with Gasteiger partial charge in [0, 0.05) is 12.8 Å². The summed E-state index contributed by atoms with van der Waals surface area (Å²) >= 11 is 0. The number of benzene rings is 2. The van der Waals surface area contributed by atoms with E-state index in [1.54, 1.807) is 49.6 Å². The molecule has 21 heavy (non-hydrogen) atoms. The number of anilines is 1. The molecule has 0 aromatic heterocycles. The maximum Gasteiger partial charge on any atom is 0.412 e. The van der Waals surface area contributed by atoms with Crippen molar-refractivity contribution < 1.29 is 17.9 Å². The molecule has 0 aliphatic heterocycles. The summed E-state index contributed by atoms with van der Waals surface area (Å²) in [6.07, 6.45) is -4.38. The van der Waals surface area contributed by atoms with Gasteiger partial charge in [0.1, 0.15) is 6.04 Å². The average Bonchev–Trinajstić information content (AvgIpc) is 2.45. The Balaban J connectivity index is 2.26. The summed E-state index contributed by atoms with van der Waals surface area (Å²) in [5.74, 6) is 0. The number of halogens is 3. The van der Waals surface area contributed by atoms with Crippen LogP contribution in [0.15, 0.2) is 54.6 Å². The fourth-order valence-corrected chi connectivity index (χ4v) is 2.08. The van der Waals surface area contributed by atoms with Gasteiger partial charge in [0.05, 0.1) is 6.61 Å². The number of methoxy groups -OCH3 is 1. The van der Waals surface area contributed by atoms with E-state index >= 15 is 0 Å². The Labute approximate surface area is 121 Å². The maximum absolute atomic E-state index is 13.3. The summed E-state index contributed by atoms with van der Waals surface area (Å²) in [4.78, 5) is 0. The highest BCUT2D eigenvalue weighted by atomic mass is 19.4. The van der Waals surface area contributed by atoms with E-state index in [0.29, 0.717) is 12.3 Å². The molecule has 0 amide bonds. The SMILES string of the molecule is COCc1cccc(NC(c2ccccc2)C(F)(F)F)c1. The van der Waals surface area contributed by atoms with Crippen molar-refractivity contribution in [2.75, 3.05) is 12.4 Å². The van der Waals surface area contributed by atoms with Gasteiger partial charge in [-0.05, 0) is 23.3 Å². The lowest BCUT2D eigenvalue weighted by molar-refractivity contribution is -0.144. The van der Waals surface area contributed by atoms with E-state index in [2.05, 4.69) is 5.32 Å². The third-order valence-corrected chi connectivity index (χ3v) is 3.01. The summed E-state index contributed by atoms with van der Waals surface area (Å²) in [7, 11) is 1.54. The normalized spacial score (nSPS) is 13.0. The molecule has 112 valence electrons. The zero-order chi connectivity index (χ0) is 15.3. The zero-order valence-electron chi connectivity index (χ0n) is 11.5. The van der Waals surface area contributed by atoms with Crippen molar-refractivity contribution in [3.63, 3.8) is 0 Å². The molecule has 0 saturated heterocycles. The van der Waals surface area contributed by atoms with Crippen LogP contribution in [-0.4, -0.2) is 13.3 Å². The van der Waals surface area contributed by atoms with E-state index in [0.717, 1.165) is 5.56 Å². The first kappa shape index (κ1) is 15.4. The fourth-order valence-electron chi connectivity index (χ4n) is 2.08. The second kappa shape index (κ2) is 6.63. The minimum absolute atomic E-state index is 0.183. The summed E-state index contributed by atoms with van der Waals surface area (Å²) in [5, 5.41) is 2.55. The fraction of sp³-hybridized carbons (Fsp3) is 0.250. The van der Waals surface area contributed by atoms with Gasteiger partial charge in [-0.25, -0.2) is 0 Å². The quantitative estimate of drug-likeness (QED) is 0.874. The van der Waals surface area contributed by atoms with Crippen LogP contribution in [-0.2, 0) is 11.3 Å². The predicted octanol–water partition coefficient (Wildman–Crippen LogP) is 4.55. The molecule has 0 aliphatic rings. The lowest BCUT2D eigenvalue weighted by Gasteiger charge is -2.23. The van der Waals surface area contributed by atoms with Crippen molar-refractivity contribution in [1.82, 2.24) is 0 Å². The topological polar surface area (TPSA) is 21.3 Å². The lowest BCUT2D eigenvalue weighted by Crippen LogP contribution is -2.27. The summed E-state index contributed by atoms with van der Waals surface area (Å²) in [5.41, 5.74) is 1.41. The van der Waals surface area contributed by atoms with Crippen molar-refractivity contribution in [1.29, 1.82) is 0 Å². The first-order valence-corrected chi connectivity index (χ1v) is 6.47. The molecule has 0 aliphatic carbocycles. The molecule has 1 N–H and O–H groups in total. The van der Waals surface area contributed by atoms with Crippen LogP contribution in [0.4, 0.5) is 18.9 Å². The van der Waals surface area contributed by atoms with Crippen LogP contribution in [0.25, 0.3) is 0 Å². The Bertz CT molecular complexity index is 569. The van der Waals surface area contributed by atoms with Crippen LogP contribution >= 0.6 is 0 Å². The monoisotopic (exact) mass is 295 g/mol. The van der Waals surface area contributed by atoms with Gasteiger partial charge < -0.3 is 10.1 Å². The molecule has 0 heterocycles. The third kappa shape index (κ3) is 4.23. The Morgan fingerprint density at radius 3 is 2.38 bits per heavy atom. The van der Waals surface area contributed by atoms with Gasteiger partial charge in [-0.3, -0.25) is 0 Å². The molecule has 5 heteroatoms. The number of hydrogen-bond donors (Lipinski definition) is 1. The molecule has 2 nitrogen and oxygen atoms in total. The van der Waals surface area contributed by atoms with Crippen LogP contribution < -0.4 is 5.32 Å². The van der Waals surface area contributed by atoms with E-state index in [9.17, 15) is 13.2 Å². The van der Waals surface area contributed by atoms with Crippen molar-refractivity contribution >= 4 is 5.69 Å². The van der Waals surface area contributed by atoms with Crippen molar-refractivity contribution in [3.05, 3.63) is 65.7 Å². The molecule has 0 bridgehead atoms. The molecular formula is C16H16F3NO. The largest absolute Gasteiger partial charge is 0.412 e. The Morgan fingerprint density at radius 2 is 1.76 bits per heavy atom. The Morgan fingerprint density at radius 1 is 1.05 bits per heavy atom. The molecule has 0 spiro atoms. The number of hydrogen-bond acceptors (Lipinski definition) is 2. The van der Waals surface area contributed by atoms with Gasteiger partial charge in [0.2, 0.25) is 0 Å². The molecular weight excluding hydrogens is 279 g/mol. The van der Waals surface area contributed by atoms with Gasteiger partial charge in [0.25, 0.3) is 0 Å². The highest BCUT2D eigenvalue weighted by Crippen LogP contribution is 2.35. The standard InChI is InChI=1S/C16H16F3NO/c1-21-11-12-6-5-9-14(10-12)20-15(16(17,18)19)13-7-3-2-4-8-13/h2-10,15,20H,11H2,1H3. The van der Waals surface area contributed by atoms with Crippen molar-refractivity contribution in [2.24, 2.45) is 0 Å². The van der Waals surface area contributed by atoms with Crippen molar-refractivity contribution in [2.45, 2.75) is 18.8 Å². The lowest BCUT2D eigenvalue weighted by atomic mass is 10.1. The number of ether oxygens (including phenoxy) is 1. The maximum atomic E-state index is 13.3. The molecule has 1 atom stereocenters. The van der Waals surface area contributed by atoms with Crippen LogP contribution in [0.5, 0.6) is 0 Å².